The molecule has 3 nitrogen and oxygen atoms in total. The van der Waals surface area contributed by atoms with Crippen molar-refractivity contribution in [2.75, 3.05) is 7.11 Å². The number of allylic oxidation sites excluding steroid dienone is 1. The van der Waals surface area contributed by atoms with Crippen molar-refractivity contribution < 1.29 is 14.6 Å². The lowest BCUT2D eigenvalue weighted by molar-refractivity contribution is 0.105. The molecule has 0 atom stereocenters. The van der Waals surface area contributed by atoms with E-state index in [4.69, 9.17) is 16.3 Å². The molecule has 2 aromatic rings. The summed E-state index contributed by atoms with van der Waals surface area (Å²) in [6.07, 6.45) is 3.11. The van der Waals surface area contributed by atoms with E-state index in [0.717, 1.165) is 5.56 Å². The molecular weight excluding hydrogens is 364 g/mol. The Bertz CT molecular complexity index is 679. The first-order chi connectivity index (χ1) is 9.51. The van der Waals surface area contributed by atoms with Crippen LogP contribution in [0.25, 0.3) is 6.08 Å². The van der Waals surface area contributed by atoms with Crippen molar-refractivity contribution in [2.45, 2.75) is 0 Å². The molecule has 0 radical (unpaired) electrons. The number of hydrogen-bond acceptors (Lipinski definition) is 4. The summed E-state index contributed by atoms with van der Waals surface area (Å²) in [6.45, 7) is 0. The highest BCUT2D eigenvalue weighted by Gasteiger charge is 2.08. The maximum Gasteiger partial charge on any atom is 0.195 e. The van der Waals surface area contributed by atoms with Gasteiger partial charge in [-0.1, -0.05) is 17.7 Å². The Morgan fingerprint density at radius 1 is 1.45 bits per heavy atom. The molecular formula is C14H10BrClO3S. The van der Waals surface area contributed by atoms with Crippen LogP contribution in [0.2, 0.25) is 4.34 Å². The van der Waals surface area contributed by atoms with E-state index in [9.17, 15) is 9.90 Å². The predicted octanol–water partition coefficient (Wildman–Crippen LogP) is 4.77. The fourth-order valence-corrected chi connectivity index (χ4v) is 2.97. The zero-order valence-electron chi connectivity index (χ0n) is 10.4. The first-order valence-electron chi connectivity index (χ1n) is 5.55. The number of rotatable bonds is 4. The Morgan fingerprint density at radius 2 is 2.20 bits per heavy atom. The van der Waals surface area contributed by atoms with Gasteiger partial charge in [-0.05, 0) is 51.8 Å². The number of methoxy groups -OCH3 is 1. The van der Waals surface area contributed by atoms with Crippen molar-refractivity contribution in [2.24, 2.45) is 0 Å². The fourth-order valence-electron chi connectivity index (χ4n) is 1.55. The monoisotopic (exact) mass is 372 g/mol. The molecule has 1 N–H and O–H groups in total. The molecule has 2 rings (SSSR count). The minimum atomic E-state index is -0.120. The Morgan fingerprint density at radius 3 is 2.80 bits per heavy atom. The van der Waals surface area contributed by atoms with Crippen LogP contribution in [-0.2, 0) is 0 Å². The number of carbonyl (C=O) groups is 1. The summed E-state index contributed by atoms with van der Waals surface area (Å²) in [5, 5.41) is 9.70. The molecule has 0 amide bonds. The fraction of sp³-hybridized carbons (Fsp3) is 0.0714. The molecule has 0 saturated heterocycles. The zero-order chi connectivity index (χ0) is 14.7. The van der Waals surface area contributed by atoms with E-state index >= 15 is 0 Å². The average Bonchev–Trinajstić information content (AvgIpc) is 2.86. The van der Waals surface area contributed by atoms with Crippen LogP contribution in [-0.4, -0.2) is 18.0 Å². The summed E-state index contributed by atoms with van der Waals surface area (Å²) in [5.41, 5.74) is 0.738. The molecule has 104 valence electrons. The highest BCUT2D eigenvalue weighted by molar-refractivity contribution is 9.10. The lowest BCUT2D eigenvalue weighted by Crippen LogP contribution is -1.89. The van der Waals surface area contributed by atoms with Crippen molar-refractivity contribution in [1.82, 2.24) is 0 Å². The van der Waals surface area contributed by atoms with Crippen molar-refractivity contribution in [3.63, 3.8) is 0 Å². The van der Waals surface area contributed by atoms with Gasteiger partial charge in [-0.25, -0.2) is 0 Å². The number of benzene rings is 1. The smallest absolute Gasteiger partial charge is 0.195 e. The van der Waals surface area contributed by atoms with Crippen molar-refractivity contribution in [3.8, 4) is 11.5 Å². The third kappa shape index (κ3) is 3.42. The molecule has 0 aliphatic heterocycles. The molecule has 0 fully saturated rings. The number of phenolic OH excluding ortho intramolecular Hbond substituents is 1. The first-order valence-corrected chi connectivity index (χ1v) is 7.54. The molecule has 1 heterocycles. The largest absolute Gasteiger partial charge is 0.503 e. The molecule has 0 spiro atoms. The second-order valence-corrected chi connectivity index (χ2v) is 6.42. The predicted molar refractivity (Wildman–Crippen MR) is 85.1 cm³/mol. The summed E-state index contributed by atoms with van der Waals surface area (Å²) in [6, 6.07) is 6.72. The third-order valence-corrected chi connectivity index (χ3v) is 4.36. The lowest BCUT2D eigenvalue weighted by Gasteiger charge is -2.06. The molecule has 0 aliphatic carbocycles. The van der Waals surface area contributed by atoms with Crippen LogP contribution in [0, 0.1) is 0 Å². The van der Waals surface area contributed by atoms with E-state index in [2.05, 4.69) is 15.9 Å². The van der Waals surface area contributed by atoms with E-state index in [1.807, 2.05) is 0 Å². The van der Waals surface area contributed by atoms with Gasteiger partial charge in [-0.2, -0.15) is 0 Å². The first kappa shape index (κ1) is 15.1. The Balaban J connectivity index is 2.23. The maximum atomic E-state index is 11.9. The number of ether oxygens (including phenoxy) is 1. The quantitative estimate of drug-likeness (QED) is 0.620. The molecule has 1 aromatic carbocycles. The van der Waals surface area contributed by atoms with E-state index < -0.39 is 0 Å². The molecule has 0 saturated carbocycles. The van der Waals surface area contributed by atoms with Crippen LogP contribution in [0.1, 0.15) is 15.2 Å². The highest BCUT2D eigenvalue weighted by Crippen LogP contribution is 2.35. The number of phenols is 1. The van der Waals surface area contributed by atoms with Crippen LogP contribution in [0.15, 0.2) is 34.8 Å². The zero-order valence-corrected chi connectivity index (χ0v) is 13.6. The Kier molecular flexibility index (Phi) is 4.86. The van der Waals surface area contributed by atoms with E-state index in [1.54, 1.807) is 30.3 Å². The lowest BCUT2D eigenvalue weighted by atomic mass is 10.1. The maximum absolute atomic E-state index is 11.9. The average molecular weight is 374 g/mol. The van der Waals surface area contributed by atoms with Crippen LogP contribution < -0.4 is 4.74 Å². The topological polar surface area (TPSA) is 46.5 Å². The third-order valence-electron chi connectivity index (χ3n) is 2.51. The summed E-state index contributed by atoms with van der Waals surface area (Å²) in [5.74, 6) is 0.247. The second-order valence-electron chi connectivity index (χ2n) is 3.85. The number of halogens is 2. The molecule has 1 aromatic heterocycles. The second kappa shape index (κ2) is 6.43. The summed E-state index contributed by atoms with van der Waals surface area (Å²) in [4.78, 5) is 12.5. The Hall–Kier alpha value is -1.30. The summed E-state index contributed by atoms with van der Waals surface area (Å²) < 4.78 is 6.13. The highest BCUT2D eigenvalue weighted by atomic mass is 79.9. The number of hydrogen-bond donors (Lipinski definition) is 1. The van der Waals surface area contributed by atoms with Crippen LogP contribution in [0.4, 0.5) is 0 Å². The Labute approximate surface area is 133 Å². The van der Waals surface area contributed by atoms with Gasteiger partial charge in [0, 0.05) is 0 Å². The minimum absolute atomic E-state index is 0.0287. The van der Waals surface area contributed by atoms with Gasteiger partial charge in [0.2, 0.25) is 0 Å². The van der Waals surface area contributed by atoms with Gasteiger partial charge < -0.3 is 9.84 Å². The number of thiophene rings is 1. The number of carbonyl (C=O) groups excluding carboxylic acids is 1. The van der Waals surface area contributed by atoms with E-state index in [1.165, 1.54) is 24.5 Å². The van der Waals surface area contributed by atoms with Gasteiger partial charge >= 0.3 is 0 Å². The van der Waals surface area contributed by atoms with Crippen molar-refractivity contribution in [3.05, 3.63) is 49.6 Å². The van der Waals surface area contributed by atoms with Crippen LogP contribution in [0.5, 0.6) is 11.5 Å². The molecule has 0 bridgehead atoms. The molecule has 20 heavy (non-hydrogen) atoms. The van der Waals surface area contributed by atoms with E-state index in [-0.39, 0.29) is 11.5 Å². The van der Waals surface area contributed by atoms with Gasteiger partial charge in [0.05, 0.1) is 20.8 Å². The minimum Gasteiger partial charge on any atom is -0.503 e. The summed E-state index contributed by atoms with van der Waals surface area (Å²) in [7, 11) is 1.47. The van der Waals surface area contributed by atoms with Gasteiger partial charge in [-0.3, -0.25) is 4.79 Å². The van der Waals surface area contributed by atoms with Crippen LogP contribution in [0.3, 0.4) is 0 Å². The van der Waals surface area contributed by atoms with Gasteiger partial charge in [0.1, 0.15) is 0 Å². The van der Waals surface area contributed by atoms with Gasteiger partial charge in [0.15, 0.2) is 17.3 Å². The number of aromatic hydroxyl groups is 1. The molecule has 0 aliphatic rings. The normalized spacial score (nSPS) is 10.9. The number of ketones is 1. The van der Waals surface area contributed by atoms with Crippen molar-refractivity contribution >= 4 is 50.7 Å². The molecule has 6 heteroatoms. The SMILES string of the molecule is COc1cc(/C=C/C(=O)c2ccc(Cl)s2)cc(Br)c1O. The van der Waals surface area contributed by atoms with Gasteiger partial charge in [0.25, 0.3) is 0 Å². The van der Waals surface area contributed by atoms with E-state index in [0.29, 0.717) is 19.4 Å². The van der Waals surface area contributed by atoms with Crippen LogP contribution >= 0.6 is 38.9 Å². The molecule has 0 unspecified atom stereocenters. The van der Waals surface area contributed by atoms with Crippen molar-refractivity contribution in [1.29, 1.82) is 0 Å². The van der Waals surface area contributed by atoms with Gasteiger partial charge in [-0.15, -0.1) is 11.3 Å². The summed E-state index contributed by atoms with van der Waals surface area (Å²) >= 11 is 10.3. The standard InChI is InChI=1S/C14H10BrClO3S/c1-19-11-7-8(6-9(15)14(11)18)2-3-10(17)12-4-5-13(16)20-12/h2-7,18H,1H3/b3-2+.